The van der Waals surface area contributed by atoms with Crippen molar-refractivity contribution in [3.05, 3.63) is 35.4 Å². The molecule has 0 saturated carbocycles. The maximum Gasteiger partial charge on any atom is 0.408 e. The average molecular weight is 508 g/mol. The van der Waals surface area contributed by atoms with E-state index in [1.54, 1.807) is 25.7 Å². The van der Waals surface area contributed by atoms with Crippen molar-refractivity contribution in [2.45, 2.75) is 104 Å². The van der Waals surface area contributed by atoms with Gasteiger partial charge in [0.15, 0.2) is 0 Å². The van der Waals surface area contributed by atoms with Crippen molar-refractivity contribution < 1.29 is 19.1 Å². The summed E-state index contributed by atoms with van der Waals surface area (Å²) >= 11 is 4.33. The number of ether oxygens (including phenoxy) is 1. The lowest BCUT2D eigenvalue weighted by atomic mass is 9.99. The van der Waals surface area contributed by atoms with Crippen LogP contribution in [-0.2, 0) is 14.3 Å². The van der Waals surface area contributed by atoms with Gasteiger partial charge in [0.1, 0.15) is 17.7 Å². The van der Waals surface area contributed by atoms with E-state index in [1.165, 1.54) is 0 Å². The summed E-state index contributed by atoms with van der Waals surface area (Å²) in [6.07, 6.45) is 3.09. The van der Waals surface area contributed by atoms with Gasteiger partial charge in [0.05, 0.1) is 0 Å². The number of benzene rings is 1. The van der Waals surface area contributed by atoms with E-state index in [9.17, 15) is 14.4 Å². The summed E-state index contributed by atoms with van der Waals surface area (Å²) in [5, 5.41) is 5.68. The number of amides is 3. The van der Waals surface area contributed by atoms with E-state index >= 15 is 0 Å². The Morgan fingerprint density at radius 3 is 2.09 bits per heavy atom. The van der Waals surface area contributed by atoms with Gasteiger partial charge in [0, 0.05) is 17.8 Å². The second kappa shape index (κ2) is 13.8. The fourth-order valence-electron chi connectivity index (χ4n) is 3.57. The lowest BCUT2D eigenvalue weighted by Crippen LogP contribution is -2.55. The Labute approximate surface area is 217 Å². The van der Waals surface area contributed by atoms with Crippen molar-refractivity contribution in [1.29, 1.82) is 0 Å². The highest BCUT2D eigenvalue weighted by atomic mass is 32.1. The van der Waals surface area contributed by atoms with Gasteiger partial charge in [-0.1, -0.05) is 56.0 Å². The molecule has 0 radical (unpaired) electrons. The minimum atomic E-state index is -0.935. The minimum Gasteiger partial charge on any atom is -0.444 e. The summed E-state index contributed by atoms with van der Waals surface area (Å²) in [6.45, 7) is 15.5. The zero-order valence-electron chi connectivity index (χ0n) is 22.7. The molecule has 0 saturated heterocycles. The minimum absolute atomic E-state index is 0.0744. The van der Waals surface area contributed by atoms with Crippen LogP contribution in [0.3, 0.4) is 0 Å². The van der Waals surface area contributed by atoms with Crippen molar-refractivity contribution in [3.8, 4) is 0 Å². The molecule has 0 fully saturated rings. The van der Waals surface area contributed by atoms with Crippen LogP contribution in [0.25, 0.3) is 0 Å². The van der Waals surface area contributed by atoms with Crippen molar-refractivity contribution in [1.82, 2.24) is 15.5 Å². The van der Waals surface area contributed by atoms with Gasteiger partial charge in [-0.25, -0.2) is 4.79 Å². The Balaban J connectivity index is 3.38. The van der Waals surface area contributed by atoms with E-state index in [1.807, 2.05) is 52.0 Å². The van der Waals surface area contributed by atoms with E-state index in [2.05, 4.69) is 30.2 Å². The Morgan fingerprint density at radius 1 is 1.00 bits per heavy atom. The molecule has 7 nitrogen and oxygen atoms in total. The molecular weight excluding hydrogens is 462 g/mol. The number of thiol groups is 1. The van der Waals surface area contributed by atoms with Crippen LogP contribution >= 0.6 is 12.6 Å². The lowest BCUT2D eigenvalue weighted by molar-refractivity contribution is -0.142. The van der Waals surface area contributed by atoms with E-state index in [4.69, 9.17) is 4.74 Å². The van der Waals surface area contributed by atoms with Gasteiger partial charge in [0.25, 0.3) is 0 Å². The molecule has 2 N–H and O–H groups in total. The predicted octanol–water partition coefficient (Wildman–Crippen LogP) is 5.18. The van der Waals surface area contributed by atoms with Crippen molar-refractivity contribution in [2.24, 2.45) is 0 Å². The van der Waals surface area contributed by atoms with Crippen LogP contribution in [0.1, 0.15) is 91.3 Å². The number of carbonyl (C=O) groups is 3. The number of aryl methyl sites for hydroxylation is 1. The van der Waals surface area contributed by atoms with Gasteiger partial charge < -0.3 is 20.3 Å². The summed E-state index contributed by atoms with van der Waals surface area (Å²) in [7, 11) is 0. The van der Waals surface area contributed by atoms with E-state index in [-0.39, 0.29) is 17.6 Å². The highest BCUT2D eigenvalue weighted by Crippen LogP contribution is 2.25. The summed E-state index contributed by atoms with van der Waals surface area (Å²) in [5.74, 6) is -0.553. The van der Waals surface area contributed by atoms with Gasteiger partial charge in [0.2, 0.25) is 11.8 Å². The fraction of sp³-hybridized carbons (Fsp3) is 0.667. The largest absolute Gasteiger partial charge is 0.444 e. The van der Waals surface area contributed by atoms with E-state index < -0.39 is 29.3 Å². The standard InChI is InChI=1S/C27H45N3O4S/c1-9-10-11-12-17-30(24(32)21(18-35)28-25(33)34-27(6,7)8)22(23(31)29-26(3,4)5)20-15-13-19(2)14-16-20/h13-16,21-22,35H,9-12,17-18H2,1-8H3,(H,28,33)(H,29,31). The first-order valence-electron chi connectivity index (χ1n) is 12.5. The highest BCUT2D eigenvalue weighted by Gasteiger charge is 2.36. The van der Waals surface area contributed by atoms with Gasteiger partial charge in [-0.2, -0.15) is 12.6 Å². The summed E-state index contributed by atoms with van der Waals surface area (Å²) in [6, 6.07) is 5.85. The normalized spacial score (nSPS) is 13.5. The molecule has 0 bridgehead atoms. The first-order valence-corrected chi connectivity index (χ1v) is 13.1. The van der Waals surface area contributed by atoms with Crippen LogP contribution < -0.4 is 10.6 Å². The molecule has 0 aromatic heterocycles. The molecule has 2 atom stereocenters. The fourth-order valence-corrected chi connectivity index (χ4v) is 3.82. The van der Waals surface area contributed by atoms with Gasteiger partial charge in [-0.05, 0) is 60.5 Å². The number of nitrogens with zero attached hydrogens (tertiary/aromatic N) is 1. The van der Waals surface area contributed by atoms with Crippen LogP contribution in [0.15, 0.2) is 24.3 Å². The third kappa shape index (κ3) is 11.4. The molecule has 0 spiro atoms. The van der Waals surface area contributed by atoms with Crippen molar-refractivity contribution >= 4 is 30.5 Å². The first-order chi connectivity index (χ1) is 16.2. The number of rotatable bonds is 11. The highest BCUT2D eigenvalue weighted by molar-refractivity contribution is 7.80. The Bertz CT molecular complexity index is 828. The average Bonchev–Trinajstić information content (AvgIpc) is 2.72. The molecule has 1 rings (SSSR count). The summed E-state index contributed by atoms with van der Waals surface area (Å²) in [5.41, 5.74) is 0.598. The molecule has 198 valence electrons. The molecule has 0 aliphatic rings. The monoisotopic (exact) mass is 507 g/mol. The number of alkyl carbamates (subject to hydrolysis) is 1. The van der Waals surface area contributed by atoms with E-state index in [0.717, 1.165) is 36.8 Å². The number of nitrogens with one attached hydrogen (secondary N) is 2. The SMILES string of the molecule is CCCCCCN(C(=O)C(CS)NC(=O)OC(C)(C)C)C(C(=O)NC(C)(C)C)c1ccc(C)cc1. The zero-order valence-corrected chi connectivity index (χ0v) is 23.6. The molecule has 8 heteroatoms. The maximum atomic E-state index is 13.8. The quantitative estimate of drug-likeness (QED) is 0.284. The lowest BCUT2D eigenvalue weighted by Gasteiger charge is -2.36. The van der Waals surface area contributed by atoms with Crippen LogP contribution in [0.5, 0.6) is 0 Å². The molecule has 0 aliphatic heterocycles. The topological polar surface area (TPSA) is 87.7 Å². The Hall–Kier alpha value is -2.22. The van der Waals surface area contributed by atoms with Gasteiger partial charge >= 0.3 is 6.09 Å². The number of hydrogen-bond donors (Lipinski definition) is 3. The van der Waals surface area contributed by atoms with Crippen LogP contribution in [0, 0.1) is 6.92 Å². The molecule has 35 heavy (non-hydrogen) atoms. The maximum absolute atomic E-state index is 13.8. The molecule has 2 unspecified atom stereocenters. The molecule has 3 amide bonds. The van der Waals surface area contributed by atoms with Crippen LogP contribution in [0.4, 0.5) is 4.79 Å². The third-order valence-corrected chi connectivity index (χ3v) is 5.52. The number of hydrogen-bond acceptors (Lipinski definition) is 5. The number of carbonyl (C=O) groups excluding carboxylic acids is 3. The van der Waals surface area contributed by atoms with Crippen LogP contribution in [0.2, 0.25) is 0 Å². The summed E-state index contributed by atoms with van der Waals surface area (Å²) in [4.78, 5) is 41.4. The Morgan fingerprint density at radius 2 is 1.60 bits per heavy atom. The zero-order chi connectivity index (χ0) is 26.8. The third-order valence-electron chi connectivity index (χ3n) is 5.16. The predicted molar refractivity (Wildman–Crippen MR) is 145 cm³/mol. The molecule has 1 aromatic rings. The second-order valence-corrected chi connectivity index (χ2v) is 11.4. The van der Waals surface area contributed by atoms with Crippen LogP contribution in [-0.4, -0.2) is 52.3 Å². The molecule has 1 aromatic carbocycles. The molecule has 0 aliphatic carbocycles. The molecular formula is C27H45N3O4S. The van der Waals surface area contributed by atoms with Crippen molar-refractivity contribution in [3.63, 3.8) is 0 Å². The van der Waals surface area contributed by atoms with E-state index in [0.29, 0.717) is 6.54 Å². The molecule has 0 heterocycles. The number of unbranched alkanes of at least 4 members (excludes halogenated alkanes) is 3. The summed E-state index contributed by atoms with van der Waals surface area (Å²) < 4.78 is 5.35. The second-order valence-electron chi connectivity index (χ2n) is 11.0. The smallest absolute Gasteiger partial charge is 0.408 e. The van der Waals surface area contributed by atoms with Gasteiger partial charge in [-0.15, -0.1) is 0 Å². The van der Waals surface area contributed by atoms with Crippen molar-refractivity contribution in [2.75, 3.05) is 12.3 Å². The Kier molecular flexibility index (Phi) is 12.1. The first kappa shape index (κ1) is 30.8. The van der Waals surface area contributed by atoms with Gasteiger partial charge in [-0.3, -0.25) is 9.59 Å².